The molecule has 0 fully saturated rings. The normalized spacial score (nSPS) is 14.2. The summed E-state index contributed by atoms with van der Waals surface area (Å²) in [6, 6.07) is 7.22. The van der Waals surface area contributed by atoms with E-state index in [1.165, 1.54) is 38.0 Å². The molecule has 2 atom stereocenters. The summed E-state index contributed by atoms with van der Waals surface area (Å²) in [5.74, 6) is -1.26. The summed E-state index contributed by atoms with van der Waals surface area (Å²) in [6.45, 7) is 1.48. The SMILES string of the molecule is COc1cccc(F)c1CC(=O)NC(CCN(CCCCc1ccc2c(n1)NCCC2)CC(CF)OC)C(=O)O. The Kier molecular flexibility index (Phi) is 12.5. The number of methoxy groups -OCH3 is 2. The Labute approximate surface area is 234 Å². The van der Waals surface area contributed by atoms with E-state index in [9.17, 15) is 23.5 Å². The molecule has 220 valence electrons. The molecule has 9 nitrogen and oxygen atoms in total. The Hall–Kier alpha value is -3.31. The van der Waals surface area contributed by atoms with Crippen molar-refractivity contribution in [2.45, 2.75) is 57.1 Å². The highest BCUT2D eigenvalue weighted by Crippen LogP contribution is 2.22. The van der Waals surface area contributed by atoms with Gasteiger partial charge in [0.05, 0.1) is 19.6 Å². The summed E-state index contributed by atoms with van der Waals surface area (Å²) in [7, 11) is 2.81. The number of nitrogens with one attached hydrogen (secondary N) is 2. The number of aliphatic carboxylic acids is 1. The van der Waals surface area contributed by atoms with Crippen LogP contribution in [0.4, 0.5) is 14.6 Å². The number of pyridine rings is 1. The van der Waals surface area contributed by atoms with Crippen LogP contribution in [0.2, 0.25) is 0 Å². The number of aryl methyl sites for hydroxylation is 2. The van der Waals surface area contributed by atoms with Gasteiger partial charge in [-0.25, -0.2) is 18.6 Å². The maximum Gasteiger partial charge on any atom is 0.326 e. The molecular formula is C29H40F2N4O5. The average Bonchev–Trinajstić information content (AvgIpc) is 2.96. The number of aromatic nitrogens is 1. The minimum Gasteiger partial charge on any atom is -0.496 e. The van der Waals surface area contributed by atoms with Crippen LogP contribution < -0.4 is 15.4 Å². The Bertz CT molecular complexity index is 1120. The molecule has 2 unspecified atom stereocenters. The molecule has 1 aromatic carbocycles. The smallest absolute Gasteiger partial charge is 0.326 e. The number of alkyl halides is 1. The number of benzene rings is 1. The first-order valence-electron chi connectivity index (χ1n) is 13.7. The number of anilines is 1. The summed E-state index contributed by atoms with van der Waals surface area (Å²) in [5.41, 5.74) is 2.31. The summed E-state index contributed by atoms with van der Waals surface area (Å²) in [5, 5.41) is 15.6. The predicted octanol–water partition coefficient (Wildman–Crippen LogP) is 3.40. The minimum absolute atomic E-state index is 0.0587. The third-order valence-corrected chi connectivity index (χ3v) is 7.08. The molecule has 0 saturated heterocycles. The number of nitrogens with zero attached hydrogens (tertiary/aromatic N) is 2. The van der Waals surface area contributed by atoms with Gasteiger partial charge in [0.1, 0.15) is 30.1 Å². The molecule has 3 N–H and O–H groups in total. The summed E-state index contributed by atoms with van der Waals surface area (Å²) >= 11 is 0. The molecule has 2 heterocycles. The summed E-state index contributed by atoms with van der Waals surface area (Å²) in [6.07, 6.45) is 3.70. The van der Waals surface area contributed by atoms with Crippen LogP contribution in [-0.2, 0) is 33.6 Å². The van der Waals surface area contributed by atoms with Gasteiger partial charge in [0.15, 0.2) is 0 Å². The third-order valence-electron chi connectivity index (χ3n) is 7.08. The average molecular weight is 563 g/mol. The molecular weight excluding hydrogens is 522 g/mol. The quantitative estimate of drug-likeness (QED) is 0.252. The molecule has 1 amide bonds. The van der Waals surface area contributed by atoms with Crippen molar-refractivity contribution in [3.63, 3.8) is 0 Å². The van der Waals surface area contributed by atoms with Crippen LogP contribution in [0.1, 0.15) is 42.5 Å². The van der Waals surface area contributed by atoms with Gasteiger partial charge in [-0.2, -0.15) is 0 Å². The number of carboxylic acids is 1. The van der Waals surface area contributed by atoms with Gasteiger partial charge < -0.3 is 30.1 Å². The van der Waals surface area contributed by atoms with Crippen LogP contribution in [0.25, 0.3) is 0 Å². The fourth-order valence-electron chi connectivity index (χ4n) is 4.79. The van der Waals surface area contributed by atoms with Crippen LogP contribution >= 0.6 is 0 Å². The molecule has 11 heteroatoms. The number of hydrogen-bond acceptors (Lipinski definition) is 7. The molecule has 0 saturated carbocycles. The van der Waals surface area contributed by atoms with Crippen molar-refractivity contribution >= 4 is 17.7 Å². The maximum absolute atomic E-state index is 14.2. The molecule has 2 aromatic rings. The Morgan fingerprint density at radius 1 is 1.20 bits per heavy atom. The van der Waals surface area contributed by atoms with Gasteiger partial charge in [0, 0.05) is 38.0 Å². The van der Waals surface area contributed by atoms with E-state index in [1.54, 1.807) is 0 Å². The standard InChI is InChI=1S/C29H40F2N4O5/c1-39-22(18-30)19-35(15-4-3-8-21-12-11-20-7-6-14-32-28(20)33-21)16-13-25(29(37)38)34-27(36)17-23-24(31)9-5-10-26(23)40-2/h5,9-12,22,25H,3-4,6-8,13-19H2,1-2H3,(H,32,33)(H,34,36)(H,37,38). The van der Waals surface area contributed by atoms with Gasteiger partial charge in [-0.15, -0.1) is 0 Å². The highest BCUT2D eigenvalue weighted by atomic mass is 19.1. The van der Waals surface area contributed by atoms with Gasteiger partial charge in [-0.05, 0) is 68.8 Å². The first-order valence-corrected chi connectivity index (χ1v) is 13.7. The number of hydrogen-bond donors (Lipinski definition) is 3. The van der Waals surface area contributed by atoms with E-state index in [0.717, 1.165) is 50.2 Å². The van der Waals surface area contributed by atoms with Crippen molar-refractivity contribution < 1.29 is 33.0 Å². The Balaban J connectivity index is 1.54. The summed E-state index contributed by atoms with van der Waals surface area (Å²) < 4.78 is 38.0. The fourth-order valence-corrected chi connectivity index (χ4v) is 4.79. The van der Waals surface area contributed by atoms with Crippen LogP contribution in [0.15, 0.2) is 30.3 Å². The van der Waals surface area contributed by atoms with Crippen LogP contribution in [0.3, 0.4) is 0 Å². The largest absolute Gasteiger partial charge is 0.496 e. The van der Waals surface area contributed by atoms with E-state index >= 15 is 0 Å². The Morgan fingerprint density at radius 2 is 2.02 bits per heavy atom. The minimum atomic E-state index is -1.20. The predicted molar refractivity (Wildman–Crippen MR) is 148 cm³/mol. The number of amides is 1. The first kappa shape index (κ1) is 31.2. The van der Waals surface area contributed by atoms with Crippen molar-refractivity contribution in [1.29, 1.82) is 0 Å². The third kappa shape index (κ3) is 9.41. The van der Waals surface area contributed by atoms with Gasteiger partial charge in [-0.1, -0.05) is 12.1 Å². The second kappa shape index (κ2) is 16.1. The number of halogens is 2. The van der Waals surface area contributed by atoms with Crippen molar-refractivity contribution in [1.82, 2.24) is 15.2 Å². The molecule has 1 aromatic heterocycles. The van der Waals surface area contributed by atoms with Crippen molar-refractivity contribution in [3.8, 4) is 5.75 Å². The highest BCUT2D eigenvalue weighted by molar-refractivity contribution is 5.85. The lowest BCUT2D eigenvalue weighted by Gasteiger charge is -2.27. The van der Waals surface area contributed by atoms with Crippen LogP contribution in [0.5, 0.6) is 5.75 Å². The van der Waals surface area contributed by atoms with E-state index in [0.29, 0.717) is 19.6 Å². The molecule has 3 rings (SSSR count). The molecule has 1 aliphatic heterocycles. The number of fused-ring (bicyclic) bond motifs is 1. The fraction of sp³-hybridized carbons (Fsp3) is 0.552. The highest BCUT2D eigenvalue weighted by Gasteiger charge is 2.24. The molecule has 1 aliphatic rings. The second-order valence-corrected chi connectivity index (χ2v) is 9.95. The van der Waals surface area contributed by atoms with Crippen molar-refractivity contribution in [2.75, 3.05) is 52.4 Å². The number of carbonyl (C=O) groups is 2. The van der Waals surface area contributed by atoms with Crippen molar-refractivity contribution in [2.24, 2.45) is 0 Å². The Morgan fingerprint density at radius 3 is 2.75 bits per heavy atom. The van der Waals surface area contributed by atoms with Crippen LogP contribution in [-0.4, -0.2) is 86.1 Å². The number of carboxylic acid groups (broad SMARTS) is 1. The van der Waals surface area contributed by atoms with E-state index in [4.69, 9.17) is 14.5 Å². The van der Waals surface area contributed by atoms with E-state index < -0.39 is 36.5 Å². The number of unbranched alkanes of at least 4 members (excludes halogenated alkanes) is 1. The number of carbonyl (C=O) groups excluding carboxylic acids is 1. The van der Waals surface area contributed by atoms with Gasteiger partial charge >= 0.3 is 5.97 Å². The van der Waals surface area contributed by atoms with Gasteiger partial charge in [0.25, 0.3) is 0 Å². The summed E-state index contributed by atoms with van der Waals surface area (Å²) in [4.78, 5) is 31.2. The first-order chi connectivity index (χ1) is 19.3. The van der Waals surface area contributed by atoms with E-state index in [-0.39, 0.29) is 24.2 Å². The zero-order valence-corrected chi connectivity index (χ0v) is 23.3. The van der Waals surface area contributed by atoms with Crippen molar-refractivity contribution in [3.05, 3.63) is 53.0 Å². The molecule has 40 heavy (non-hydrogen) atoms. The van der Waals surface area contributed by atoms with E-state index in [2.05, 4.69) is 22.8 Å². The number of ether oxygens (including phenoxy) is 2. The monoisotopic (exact) mass is 562 g/mol. The van der Waals surface area contributed by atoms with E-state index in [1.807, 2.05) is 4.90 Å². The second-order valence-electron chi connectivity index (χ2n) is 9.95. The maximum atomic E-state index is 14.2. The lowest BCUT2D eigenvalue weighted by Crippen LogP contribution is -2.45. The molecule has 0 bridgehead atoms. The van der Waals surface area contributed by atoms with Crippen LogP contribution in [0, 0.1) is 5.82 Å². The zero-order valence-electron chi connectivity index (χ0n) is 23.3. The lowest BCUT2D eigenvalue weighted by molar-refractivity contribution is -0.142. The lowest BCUT2D eigenvalue weighted by atomic mass is 10.1. The van der Waals surface area contributed by atoms with Gasteiger partial charge in [-0.3, -0.25) is 4.79 Å². The molecule has 0 radical (unpaired) electrons. The molecule has 0 spiro atoms. The number of rotatable bonds is 17. The van der Waals surface area contributed by atoms with Gasteiger partial charge in [0.2, 0.25) is 5.91 Å². The molecule has 0 aliphatic carbocycles. The zero-order chi connectivity index (χ0) is 28.9. The topological polar surface area (TPSA) is 113 Å².